The molecule has 2 rings (SSSR count). The number of anilines is 1. The van der Waals surface area contributed by atoms with Crippen LogP contribution in [0, 0.1) is 0 Å². The molecule has 1 aliphatic carbocycles. The first-order valence-electron chi connectivity index (χ1n) is 6.23. The van der Waals surface area contributed by atoms with Crippen LogP contribution in [0.15, 0.2) is 6.07 Å². The maximum absolute atomic E-state index is 11.6. The van der Waals surface area contributed by atoms with Gasteiger partial charge in [-0.15, -0.1) is 0 Å². The highest BCUT2D eigenvalue weighted by Gasteiger charge is 2.27. The first kappa shape index (κ1) is 12.1. The topological polar surface area (TPSA) is 72.9 Å². The Hall–Kier alpha value is -1.36. The summed E-state index contributed by atoms with van der Waals surface area (Å²) in [5, 5.41) is 7.18. The molecule has 1 unspecified atom stereocenters. The van der Waals surface area contributed by atoms with Crippen LogP contribution in [-0.2, 0) is 11.3 Å². The number of nitrogens with one attached hydrogen (secondary N) is 1. The second-order valence-corrected chi connectivity index (χ2v) is 4.77. The summed E-state index contributed by atoms with van der Waals surface area (Å²) in [6, 6.07) is 1.87. The van der Waals surface area contributed by atoms with Crippen LogP contribution in [-0.4, -0.2) is 21.7 Å². The van der Waals surface area contributed by atoms with E-state index in [1.54, 1.807) is 0 Å². The average molecular weight is 236 g/mol. The molecule has 1 aliphatic rings. The summed E-state index contributed by atoms with van der Waals surface area (Å²) < 4.78 is 1.97. The van der Waals surface area contributed by atoms with Gasteiger partial charge in [0.1, 0.15) is 0 Å². The molecule has 0 saturated heterocycles. The summed E-state index contributed by atoms with van der Waals surface area (Å²) in [5.41, 5.74) is 6.82. The number of aromatic nitrogens is 2. The van der Waals surface area contributed by atoms with Crippen molar-refractivity contribution < 1.29 is 4.79 Å². The molecule has 0 aliphatic heterocycles. The van der Waals surface area contributed by atoms with Gasteiger partial charge in [0, 0.05) is 36.7 Å². The smallest absolute Gasteiger partial charge is 0.227 e. The molecule has 5 nitrogen and oxygen atoms in total. The maximum Gasteiger partial charge on any atom is 0.227 e. The molecule has 1 heterocycles. The molecule has 0 bridgehead atoms. The molecule has 3 N–H and O–H groups in total. The van der Waals surface area contributed by atoms with Gasteiger partial charge in [0.25, 0.3) is 0 Å². The molecular weight excluding hydrogens is 216 g/mol. The van der Waals surface area contributed by atoms with Gasteiger partial charge >= 0.3 is 0 Å². The van der Waals surface area contributed by atoms with E-state index in [0.29, 0.717) is 18.2 Å². The van der Waals surface area contributed by atoms with Gasteiger partial charge < -0.3 is 11.1 Å². The second kappa shape index (κ2) is 4.87. The monoisotopic (exact) mass is 236 g/mol. The van der Waals surface area contributed by atoms with Crippen molar-refractivity contribution in [1.29, 1.82) is 0 Å². The summed E-state index contributed by atoms with van der Waals surface area (Å²) >= 11 is 0. The van der Waals surface area contributed by atoms with Crippen LogP contribution in [0.2, 0.25) is 0 Å². The summed E-state index contributed by atoms with van der Waals surface area (Å²) in [6.07, 6.45) is 2.80. The Bertz CT molecular complexity index is 407. The highest BCUT2D eigenvalue weighted by molar-refractivity contribution is 5.90. The van der Waals surface area contributed by atoms with Gasteiger partial charge in [-0.1, -0.05) is 0 Å². The average Bonchev–Trinajstić information content (AvgIpc) is 3.00. The van der Waals surface area contributed by atoms with E-state index < -0.39 is 0 Å². The number of amides is 1. The van der Waals surface area contributed by atoms with Crippen molar-refractivity contribution in [3.8, 4) is 0 Å². The molecule has 1 fully saturated rings. The summed E-state index contributed by atoms with van der Waals surface area (Å²) in [6.45, 7) is 4.72. The number of nitrogens with zero attached hydrogens (tertiary/aromatic N) is 2. The lowest BCUT2D eigenvalue weighted by molar-refractivity contribution is -0.116. The van der Waals surface area contributed by atoms with Crippen LogP contribution < -0.4 is 11.1 Å². The van der Waals surface area contributed by atoms with Gasteiger partial charge in [-0.25, -0.2) is 0 Å². The summed E-state index contributed by atoms with van der Waals surface area (Å²) in [7, 11) is 0. The van der Waals surface area contributed by atoms with Crippen molar-refractivity contribution in [3.63, 3.8) is 0 Å². The highest BCUT2D eigenvalue weighted by atomic mass is 16.1. The van der Waals surface area contributed by atoms with Crippen molar-refractivity contribution in [2.24, 2.45) is 5.73 Å². The van der Waals surface area contributed by atoms with E-state index in [-0.39, 0.29) is 11.9 Å². The molecule has 94 valence electrons. The van der Waals surface area contributed by atoms with Gasteiger partial charge in [-0.3, -0.25) is 9.48 Å². The van der Waals surface area contributed by atoms with Crippen LogP contribution in [0.5, 0.6) is 0 Å². The van der Waals surface area contributed by atoms with Crippen LogP contribution in [0.4, 0.5) is 5.82 Å². The fourth-order valence-electron chi connectivity index (χ4n) is 1.94. The van der Waals surface area contributed by atoms with Gasteiger partial charge in [-0.2, -0.15) is 5.10 Å². The van der Waals surface area contributed by atoms with Crippen molar-refractivity contribution in [2.45, 2.75) is 51.6 Å². The van der Waals surface area contributed by atoms with Crippen LogP contribution in [0.3, 0.4) is 0 Å². The molecule has 0 radical (unpaired) electrons. The standard InChI is InChI=1S/C12H20N4O/c1-3-16-10(9-4-5-9)7-11(15-16)14-12(17)6-8(2)13/h7-9H,3-6,13H2,1-2H3,(H,14,15,17). The first-order chi connectivity index (χ1) is 8.10. The van der Waals surface area contributed by atoms with E-state index in [2.05, 4.69) is 17.3 Å². The largest absolute Gasteiger partial charge is 0.327 e. The Balaban J connectivity index is 2.03. The van der Waals surface area contributed by atoms with Gasteiger partial charge in [0.05, 0.1) is 0 Å². The Morgan fingerprint density at radius 2 is 2.41 bits per heavy atom. The number of carbonyl (C=O) groups excluding carboxylic acids is 1. The van der Waals surface area contributed by atoms with E-state index >= 15 is 0 Å². The lowest BCUT2D eigenvalue weighted by atomic mass is 10.2. The normalized spacial score (nSPS) is 16.9. The van der Waals surface area contributed by atoms with Gasteiger partial charge in [0.15, 0.2) is 5.82 Å². The molecule has 1 aromatic rings. The predicted octanol–water partition coefficient (Wildman–Crippen LogP) is 1.46. The molecule has 5 heteroatoms. The Labute approximate surface area is 101 Å². The van der Waals surface area contributed by atoms with E-state index in [1.807, 2.05) is 17.7 Å². The minimum atomic E-state index is -0.119. The summed E-state index contributed by atoms with van der Waals surface area (Å²) in [5.74, 6) is 1.23. The predicted molar refractivity (Wildman–Crippen MR) is 66.8 cm³/mol. The Kier molecular flexibility index (Phi) is 3.47. The van der Waals surface area contributed by atoms with E-state index in [0.717, 1.165) is 6.54 Å². The van der Waals surface area contributed by atoms with E-state index in [4.69, 9.17) is 5.73 Å². The number of nitrogens with two attached hydrogens (primary N) is 1. The molecule has 1 saturated carbocycles. The zero-order valence-corrected chi connectivity index (χ0v) is 10.4. The van der Waals surface area contributed by atoms with Crippen LogP contribution in [0.1, 0.15) is 44.7 Å². The fraction of sp³-hybridized carbons (Fsp3) is 0.667. The number of carbonyl (C=O) groups is 1. The molecular formula is C12H20N4O. The molecule has 1 amide bonds. The molecule has 0 aromatic carbocycles. The third-order valence-electron chi connectivity index (χ3n) is 2.88. The van der Waals surface area contributed by atoms with Crippen LogP contribution in [0.25, 0.3) is 0 Å². The van der Waals surface area contributed by atoms with Crippen molar-refractivity contribution >= 4 is 11.7 Å². The number of rotatable bonds is 5. The number of aryl methyl sites for hydroxylation is 1. The SMILES string of the molecule is CCn1nc(NC(=O)CC(C)N)cc1C1CC1. The van der Waals surface area contributed by atoms with E-state index in [1.165, 1.54) is 18.5 Å². The zero-order valence-electron chi connectivity index (χ0n) is 10.4. The van der Waals surface area contributed by atoms with Gasteiger partial charge in [-0.05, 0) is 26.7 Å². The first-order valence-corrected chi connectivity index (χ1v) is 6.23. The number of hydrogen-bond donors (Lipinski definition) is 2. The minimum Gasteiger partial charge on any atom is -0.327 e. The second-order valence-electron chi connectivity index (χ2n) is 4.77. The Morgan fingerprint density at radius 3 is 2.94 bits per heavy atom. The Morgan fingerprint density at radius 1 is 1.71 bits per heavy atom. The van der Waals surface area contributed by atoms with Gasteiger partial charge in [0.2, 0.25) is 5.91 Å². The third-order valence-corrected chi connectivity index (χ3v) is 2.88. The van der Waals surface area contributed by atoms with Crippen LogP contribution >= 0.6 is 0 Å². The van der Waals surface area contributed by atoms with Crippen molar-refractivity contribution in [3.05, 3.63) is 11.8 Å². The lowest BCUT2D eigenvalue weighted by Gasteiger charge is -2.04. The maximum atomic E-state index is 11.6. The van der Waals surface area contributed by atoms with Crippen molar-refractivity contribution in [1.82, 2.24) is 9.78 Å². The minimum absolute atomic E-state index is 0.0666. The molecule has 17 heavy (non-hydrogen) atoms. The lowest BCUT2D eigenvalue weighted by Crippen LogP contribution is -2.24. The van der Waals surface area contributed by atoms with E-state index in [9.17, 15) is 4.79 Å². The fourth-order valence-corrected chi connectivity index (χ4v) is 1.94. The number of hydrogen-bond acceptors (Lipinski definition) is 3. The molecule has 0 spiro atoms. The summed E-state index contributed by atoms with van der Waals surface area (Å²) in [4.78, 5) is 11.6. The zero-order chi connectivity index (χ0) is 12.4. The third kappa shape index (κ3) is 3.06. The van der Waals surface area contributed by atoms with Crippen molar-refractivity contribution in [2.75, 3.05) is 5.32 Å². The quantitative estimate of drug-likeness (QED) is 0.812. The molecule has 1 atom stereocenters. The molecule has 1 aromatic heterocycles. The highest BCUT2D eigenvalue weighted by Crippen LogP contribution is 2.40.